The highest BCUT2D eigenvalue weighted by Crippen LogP contribution is 2.36. The maximum absolute atomic E-state index is 11.8. The summed E-state index contributed by atoms with van der Waals surface area (Å²) in [7, 11) is 1.96. The number of carbonyl (C=O) groups is 2. The molecule has 3 rings (SSSR count). The predicted octanol–water partition coefficient (Wildman–Crippen LogP) is 1.98. The first kappa shape index (κ1) is 16.0. The Morgan fingerprint density at radius 1 is 1.52 bits per heavy atom. The minimum atomic E-state index is -0.963. The first-order valence-electron chi connectivity index (χ1n) is 7.62. The molecule has 0 radical (unpaired) electrons. The van der Waals surface area contributed by atoms with Gasteiger partial charge in [-0.2, -0.15) is 0 Å². The van der Waals surface area contributed by atoms with Crippen molar-refractivity contribution >= 4 is 33.7 Å². The van der Waals surface area contributed by atoms with Crippen LogP contribution in [0.25, 0.3) is 0 Å². The van der Waals surface area contributed by atoms with Crippen LogP contribution in [0.5, 0.6) is 0 Å². The second-order valence-corrected chi connectivity index (χ2v) is 6.82. The molecule has 3 heterocycles. The van der Waals surface area contributed by atoms with Crippen LogP contribution in [0.2, 0.25) is 0 Å². The van der Waals surface area contributed by atoms with Gasteiger partial charge in [0.05, 0.1) is 6.04 Å². The highest BCUT2D eigenvalue weighted by Gasteiger charge is 2.34. The number of pyridine rings is 1. The van der Waals surface area contributed by atoms with E-state index in [1.807, 2.05) is 24.1 Å². The summed E-state index contributed by atoms with van der Waals surface area (Å²) in [5, 5.41) is 12.5. The Hall–Kier alpha value is -1.83. The van der Waals surface area contributed by atoms with E-state index in [1.54, 1.807) is 0 Å². The van der Waals surface area contributed by atoms with Crippen LogP contribution in [-0.4, -0.2) is 53.2 Å². The maximum Gasteiger partial charge on any atom is 0.407 e. The van der Waals surface area contributed by atoms with Gasteiger partial charge >= 0.3 is 6.09 Å². The number of anilines is 1. The summed E-state index contributed by atoms with van der Waals surface area (Å²) in [5.41, 5.74) is 0.911. The molecule has 2 amide bonds. The van der Waals surface area contributed by atoms with E-state index < -0.39 is 6.09 Å². The van der Waals surface area contributed by atoms with Crippen LogP contribution in [-0.2, 0) is 4.79 Å². The Kier molecular flexibility index (Phi) is 4.43. The number of carboxylic acid groups (broad SMARTS) is 1. The lowest BCUT2D eigenvalue weighted by molar-refractivity contribution is -0.119. The molecule has 1 aromatic rings. The second kappa shape index (κ2) is 6.35. The van der Waals surface area contributed by atoms with Gasteiger partial charge in [-0.25, -0.2) is 9.78 Å². The molecule has 0 aromatic carbocycles. The lowest BCUT2D eigenvalue weighted by atomic mass is 9.98. The fourth-order valence-corrected chi connectivity index (χ4v) is 3.59. The molecule has 2 N–H and O–H groups in total. The number of halogens is 1. The molecule has 0 saturated carbocycles. The molecule has 0 spiro atoms. The summed E-state index contributed by atoms with van der Waals surface area (Å²) >= 11 is 3.37. The van der Waals surface area contributed by atoms with Crippen molar-refractivity contribution in [2.75, 3.05) is 25.0 Å². The summed E-state index contributed by atoms with van der Waals surface area (Å²) in [5.74, 6) is 0.798. The fraction of sp³-hybridized carbons (Fsp3) is 0.533. The molecule has 0 bridgehead atoms. The summed E-state index contributed by atoms with van der Waals surface area (Å²) < 4.78 is 0.730. The molecule has 2 aliphatic rings. The van der Waals surface area contributed by atoms with Crippen LogP contribution < -0.4 is 10.2 Å². The Balaban J connectivity index is 1.87. The van der Waals surface area contributed by atoms with Gasteiger partial charge in [-0.1, -0.05) is 6.07 Å². The number of nitrogens with zero attached hydrogens (tertiary/aromatic N) is 3. The first-order chi connectivity index (χ1) is 11.0. The van der Waals surface area contributed by atoms with E-state index >= 15 is 0 Å². The standard InChI is InChI=1S/C15H19BrN4O3/c1-19-7-6-11(10-3-4-12(16)18-14(10)19)20(15(22)23)8-9-2-5-13(21)17-9/h3-4,9,11H,2,5-8H2,1H3,(H,17,21)(H,22,23)/t9-,11?/m0/s1. The SMILES string of the molecule is CN1CCC(N(C[C@@H]2CCC(=O)N2)C(=O)O)c2ccc(Br)nc21. The maximum atomic E-state index is 11.8. The van der Waals surface area contributed by atoms with Gasteiger partial charge in [0.25, 0.3) is 0 Å². The fourth-order valence-electron chi connectivity index (χ4n) is 3.29. The van der Waals surface area contributed by atoms with Crippen molar-refractivity contribution < 1.29 is 14.7 Å². The van der Waals surface area contributed by atoms with Gasteiger partial charge in [0, 0.05) is 38.2 Å². The lowest BCUT2D eigenvalue weighted by Gasteiger charge is -2.38. The Bertz CT molecular complexity index is 639. The number of hydrogen-bond acceptors (Lipinski definition) is 4. The van der Waals surface area contributed by atoms with Crippen molar-refractivity contribution in [2.45, 2.75) is 31.3 Å². The van der Waals surface area contributed by atoms with E-state index in [0.29, 0.717) is 25.8 Å². The topological polar surface area (TPSA) is 85.8 Å². The van der Waals surface area contributed by atoms with Gasteiger partial charge < -0.3 is 15.3 Å². The molecule has 0 aliphatic carbocycles. The van der Waals surface area contributed by atoms with Crippen LogP contribution in [0.3, 0.4) is 0 Å². The van der Waals surface area contributed by atoms with Gasteiger partial charge in [0.1, 0.15) is 10.4 Å². The molecule has 1 fully saturated rings. The van der Waals surface area contributed by atoms with E-state index in [9.17, 15) is 14.7 Å². The first-order valence-corrected chi connectivity index (χ1v) is 8.41. The third-order valence-electron chi connectivity index (χ3n) is 4.45. The van der Waals surface area contributed by atoms with E-state index in [-0.39, 0.29) is 18.0 Å². The number of hydrogen-bond donors (Lipinski definition) is 2. The Morgan fingerprint density at radius 2 is 2.30 bits per heavy atom. The summed E-state index contributed by atoms with van der Waals surface area (Å²) in [4.78, 5) is 31.1. The van der Waals surface area contributed by atoms with E-state index in [1.165, 1.54) is 4.90 Å². The number of amides is 2. The molecule has 23 heavy (non-hydrogen) atoms. The van der Waals surface area contributed by atoms with Gasteiger partial charge in [-0.05, 0) is 34.8 Å². The third-order valence-corrected chi connectivity index (χ3v) is 4.90. The van der Waals surface area contributed by atoms with Crippen LogP contribution in [0.4, 0.5) is 10.6 Å². The van der Waals surface area contributed by atoms with Crippen LogP contribution >= 0.6 is 15.9 Å². The van der Waals surface area contributed by atoms with Crippen LogP contribution in [0.1, 0.15) is 30.9 Å². The molecule has 2 atom stereocenters. The van der Waals surface area contributed by atoms with Crippen LogP contribution in [0.15, 0.2) is 16.7 Å². The molecule has 1 saturated heterocycles. The van der Waals surface area contributed by atoms with Gasteiger partial charge in [0.2, 0.25) is 5.91 Å². The van der Waals surface area contributed by atoms with E-state index in [4.69, 9.17) is 0 Å². The van der Waals surface area contributed by atoms with Crippen molar-refractivity contribution in [3.05, 3.63) is 22.3 Å². The summed E-state index contributed by atoms with van der Waals surface area (Å²) in [6, 6.07) is 3.42. The number of fused-ring (bicyclic) bond motifs is 1. The number of aromatic nitrogens is 1. The zero-order valence-corrected chi connectivity index (χ0v) is 14.4. The molecular formula is C15H19BrN4O3. The van der Waals surface area contributed by atoms with Crippen molar-refractivity contribution in [1.82, 2.24) is 15.2 Å². The van der Waals surface area contributed by atoms with E-state index in [0.717, 1.165) is 22.5 Å². The van der Waals surface area contributed by atoms with Gasteiger partial charge in [0.15, 0.2) is 0 Å². The average Bonchev–Trinajstić information content (AvgIpc) is 2.91. The zero-order valence-electron chi connectivity index (χ0n) is 12.8. The predicted molar refractivity (Wildman–Crippen MR) is 88.5 cm³/mol. The molecule has 7 nitrogen and oxygen atoms in total. The zero-order chi connectivity index (χ0) is 16.6. The number of rotatable bonds is 3. The highest BCUT2D eigenvalue weighted by molar-refractivity contribution is 9.10. The molecule has 1 aromatic heterocycles. The lowest BCUT2D eigenvalue weighted by Crippen LogP contribution is -2.45. The quantitative estimate of drug-likeness (QED) is 0.780. The van der Waals surface area contributed by atoms with E-state index in [2.05, 4.69) is 26.2 Å². The van der Waals surface area contributed by atoms with Crippen molar-refractivity contribution in [2.24, 2.45) is 0 Å². The third kappa shape index (κ3) is 3.26. The minimum absolute atomic E-state index is 0.00489. The van der Waals surface area contributed by atoms with Crippen LogP contribution in [0, 0.1) is 0 Å². The minimum Gasteiger partial charge on any atom is -0.465 e. The summed E-state index contributed by atoms with van der Waals surface area (Å²) in [6.07, 6.45) is 0.895. The molecule has 124 valence electrons. The summed E-state index contributed by atoms with van der Waals surface area (Å²) in [6.45, 7) is 1.05. The average molecular weight is 383 g/mol. The number of nitrogens with one attached hydrogen (secondary N) is 1. The van der Waals surface area contributed by atoms with Crippen molar-refractivity contribution in [1.29, 1.82) is 0 Å². The van der Waals surface area contributed by atoms with Gasteiger partial charge in [-0.3, -0.25) is 9.69 Å². The Labute approximate surface area is 142 Å². The smallest absolute Gasteiger partial charge is 0.407 e. The monoisotopic (exact) mass is 382 g/mol. The Morgan fingerprint density at radius 3 is 2.96 bits per heavy atom. The molecule has 8 heteroatoms. The molecular weight excluding hydrogens is 364 g/mol. The van der Waals surface area contributed by atoms with Crippen molar-refractivity contribution in [3.8, 4) is 0 Å². The second-order valence-electron chi connectivity index (χ2n) is 6.01. The molecule has 1 unspecified atom stereocenters. The normalized spacial score (nSPS) is 23.4. The number of carbonyl (C=O) groups excluding carboxylic acids is 1. The molecule has 2 aliphatic heterocycles. The largest absolute Gasteiger partial charge is 0.465 e. The van der Waals surface area contributed by atoms with Crippen molar-refractivity contribution in [3.63, 3.8) is 0 Å². The van der Waals surface area contributed by atoms with Gasteiger partial charge in [-0.15, -0.1) is 0 Å². The highest BCUT2D eigenvalue weighted by atomic mass is 79.9.